The van der Waals surface area contributed by atoms with Crippen LogP contribution in [0.3, 0.4) is 0 Å². The molecule has 4 rings (SSSR count). The molecule has 1 atom stereocenters. The van der Waals surface area contributed by atoms with Gasteiger partial charge in [-0.3, -0.25) is 14.9 Å². The third kappa shape index (κ3) is 6.22. The normalized spacial score (nSPS) is 22.5. The minimum atomic E-state index is -0.334. The van der Waals surface area contributed by atoms with Gasteiger partial charge >= 0.3 is 0 Å². The summed E-state index contributed by atoms with van der Waals surface area (Å²) in [6, 6.07) is 8.51. The Balaban J connectivity index is 0.995. The largest absolute Gasteiger partial charge is 0.385 e. The van der Waals surface area contributed by atoms with E-state index in [0.29, 0.717) is 12.8 Å². The minimum Gasteiger partial charge on any atom is -0.385 e. The van der Waals surface area contributed by atoms with Crippen molar-refractivity contribution in [3.05, 3.63) is 24.3 Å². The van der Waals surface area contributed by atoms with Crippen LogP contribution in [0.1, 0.15) is 77.0 Å². The summed E-state index contributed by atoms with van der Waals surface area (Å²) in [5.41, 5.74) is 2.79. The minimum absolute atomic E-state index is 0.186. The van der Waals surface area contributed by atoms with Gasteiger partial charge in [-0.15, -0.1) is 0 Å². The van der Waals surface area contributed by atoms with Gasteiger partial charge in [0.2, 0.25) is 11.8 Å². The van der Waals surface area contributed by atoms with Crippen LogP contribution in [-0.4, -0.2) is 37.0 Å². The monoisotopic (exact) mass is 426 g/mol. The van der Waals surface area contributed by atoms with Crippen molar-refractivity contribution in [2.75, 3.05) is 23.7 Å². The Morgan fingerprint density at radius 3 is 2.26 bits per heavy atom. The maximum absolute atomic E-state index is 11.8. The summed E-state index contributed by atoms with van der Waals surface area (Å²) in [6.45, 7) is 2.18. The van der Waals surface area contributed by atoms with Crippen molar-refractivity contribution in [3.8, 4) is 0 Å². The first-order chi connectivity index (χ1) is 15.1. The highest BCUT2D eigenvalue weighted by Crippen LogP contribution is 2.55. The number of hydrogen-bond donors (Lipinski definition) is 4. The molecule has 0 aromatic heterocycles. The molecule has 3 aliphatic rings. The lowest BCUT2D eigenvalue weighted by Gasteiger charge is -2.54. The van der Waals surface area contributed by atoms with E-state index >= 15 is 0 Å². The number of carbonyl (C=O) groups is 2. The summed E-state index contributed by atoms with van der Waals surface area (Å²) < 4.78 is 0. The molecule has 1 heterocycles. The molecule has 3 fully saturated rings. The average molecular weight is 427 g/mol. The zero-order valence-electron chi connectivity index (χ0n) is 18.7. The van der Waals surface area contributed by atoms with E-state index in [4.69, 9.17) is 0 Å². The van der Waals surface area contributed by atoms with Crippen LogP contribution in [-0.2, 0) is 9.59 Å². The fourth-order valence-corrected chi connectivity index (χ4v) is 5.25. The van der Waals surface area contributed by atoms with Gasteiger partial charge < -0.3 is 16.0 Å². The SMILES string of the molecule is O=C1CCC(Nc2ccc(NCCCCCCCNC3CC4(CCC4)C3)cc2)C(=O)N1. The van der Waals surface area contributed by atoms with Crippen LogP contribution in [0.15, 0.2) is 24.3 Å². The van der Waals surface area contributed by atoms with Crippen LogP contribution < -0.4 is 21.3 Å². The molecule has 2 aliphatic carbocycles. The second kappa shape index (κ2) is 10.5. The van der Waals surface area contributed by atoms with Crippen molar-refractivity contribution in [2.45, 2.75) is 89.1 Å². The van der Waals surface area contributed by atoms with Gasteiger partial charge in [0.05, 0.1) is 0 Å². The Morgan fingerprint density at radius 2 is 1.58 bits per heavy atom. The Labute approximate surface area is 186 Å². The highest BCUT2D eigenvalue weighted by Gasteiger charge is 2.47. The van der Waals surface area contributed by atoms with Crippen molar-refractivity contribution in [2.24, 2.45) is 5.41 Å². The zero-order valence-corrected chi connectivity index (χ0v) is 18.7. The molecular formula is C25H38N4O2. The molecular weight excluding hydrogens is 388 g/mol. The lowest BCUT2D eigenvalue weighted by molar-refractivity contribution is -0.133. The third-order valence-corrected chi connectivity index (χ3v) is 7.35. The van der Waals surface area contributed by atoms with E-state index in [9.17, 15) is 9.59 Å². The molecule has 1 aliphatic heterocycles. The van der Waals surface area contributed by atoms with Gasteiger partial charge in [0, 0.05) is 30.4 Å². The molecule has 1 saturated heterocycles. The molecule has 6 nitrogen and oxygen atoms in total. The third-order valence-electron chi connectivity index (χ3n) is 7.35. The van der Waals surface area contributed by atoms with E-state index in [1.807, 2.05) is 24.3 Å². The lowest BCUT2D eigenvalue weighted by Crippen LogP contribution is -2.52. The van der Waals surface area contributed by atoms with Crippen molar-refractivity contribution in [1.82, 2.24) is 10.6 Å². The summed E-state index contributed by atoms with van der Waals surface area (Å²) >= 11 is 0. The molecule has 1 aromatic rings. The number of rotatable bonds is 12. The fraction of sp³-hybridized carbons (Fsp3) is 0.680. The summed E-state index contributed by atoms with van der Waals surface area (Å²) in [5.74, 6) is -0.422. The van der Waals surface area contributed by atoms with Gasteiger partial charge in [-0.25, -0.2) is 0 Å². The van der Waals surface area contributed by atoms with E-state index in [-0.39, 0.29) is 17.9 Å². The molecule has 1 spiro atoms. The Bertz CT molecular complexity index is 736. The van der Waals surface area contributed by atoms with Crippen molar-refractivity contribution >= 4 is 23.2 Å². The summed E-state index contributed by atoms with van der Waals surface area (Å²) in [4.78, 5) is 23.1. The number of carbonyl (C=O) groups excluding carboxylic acids is 2. The van der Waals surface area contributed by atoms with Crippen molar-refractivity contribution in [3.63, 3.8) is 0 Å². The Morgan fingerprint density at radius 1 is 0.903 bits per heavy atom. The second-order valence-corrected chi connectivity index (χ2v) is 9.83. The first-order valence-corrected chi connectivity index (χ1v) is 12.3. The number of imide groups is 1. The van der Waals surface area contributed by atoms with Gasteiger partial charge in [0.25, 0.3) is 0 Å². The second-order valence-electron chi connectivity index (χ2n) is 9.83. The smallest absolute Gasteiger partial charge is 0.249 e. The van der Waals surface area contributed by atoms with Crippen LogP contribution in [0.5, 0.6) is 0 Å². The van der Waals surface area contributed by atoms with E-state index in [1.165, 1.54) is 70.8 Å². The maximum Gasteiger partial charge on any atom is 0.249 e. The molecule has 31 heavy (non-hydrogen) atoms. The number of unbranched alkanes of at least 4 members (excludes halogenated alkanes) is 4. The Kier molecular flexibility index (Phi) is 7.49. The molecule has 170 valence electrons. The van der Waals surface area contributed by atoms with Gasteiger partial charge in [-0.2, -0.15) is 0 Å². The molecule has 4 N–H and O–H groups in total. The first-order valence-electron chi connectivity index (χ1n) is 12.3. The number of anilines is 2. The van der Waals surface area contributed by atoms with Gasteiger partial charge in [0.15, 0.2) is 0 Å². The number of hydrogen-bond acceptors (Lipinski definition) is 5. The number of benzene rings is 1. The standard InChI is InChI=1S/C25H38N4O2/c30-23-12-11-22(24(31)29-23)28-20-9-7-19(8-10-20)26-15-4-2-1-3-5-16-27-21-17-25(18-21)13-6-14-25/h7-10,21-22,26-28H,1-6,11-18H2,(H,29,30,31). The average Bonchev–Trinajstić information content (AvgIpc) is 2.70. The first kappa shape index (κ1) is 22.1. The molecule has 0 radical (unpaired) electrons. The molecule has 6 heteroatoms. The van der Waals surface area contributed by atoms with Crippen molar-refractivity contribution < 1.29 is 9.59 Å². The topological polar surface area (TPSA) is 82.3 Å². The molecule has 0 bridgehead atoms. The van der Waals surface area contributed by atoms with Crippen LogP contribution in [0.4, 0.5) is 11.4 Å². The number of amides is 2. The molecule has 2 saturated carbocycles. The Hall–Kier alpha value is -2.08. The number of piperidine rings is 1. The van der Waals surface area contributed by atoms with E-state index in [2.05, 4.69) is 21.3 Å². The van der Waals surface area contributed by atoms with Crippen molar-refractivity contribution in [1.29, 1.82) is 0 Å². The molecule has 1 aromatic carbocycles. The van der Waals surface area contributed by atoms with Crippen LogP contribution in [0.2, 0.25) is 0 Å². The van der Waals surface area contributed by atoms with Gasteiger partial charge in [-0.1, -0.05) is 25.7 Å². The van der Waals surface area contributed by atoms with E-state index in [1.54, 1.807) is 0 Å². The van der Waals surface area contributed by atoms with Crippen LogP contribution in [0, 0.1) is 5.41 Å². The molecule has 2 amide bonds. The van der Waals surface area contributed by atoms with Gasteiger partial charge in [0.1, 0.15) is 6.04 Å². The fourth-order valence-electron chi connectivity index (χ4n) is 5.25. The highest BCUT2D eigenvalue weighted by atomic mass is 16.2. The highest BCUT2D eigenvalue weighted by molar-refractivity contribution is 6.01. The van der Waals surface area contributed by atoms with E-state index in [0.717, 1.165) is 29.4 Å². The molecule has 1 unspecified atom stereocenters. The van der Waals surface area contributed by atoms with Crippen LogP contribution in [0.25, 0.3) is 0 Å². The predicted molar refractivity (Wildman–Crippen MR) is 125 cm³/mol. The van der Waals surface area contributed by atoms with E-state index < -0.39 is 0 Å². The zero-order chi connectivity index (χ0) is 21.5. The maximum atomic E-state index is 11.8. The quantitative estimate of drug-likeness (QED) is 0.298. The summed E-state index contributed by atoms with van der Waals surface area (Å²) in [7, 11) is 0. The van der Waals surface area contributed by atoms with Crippen LogP contribution >= 0.6 is 0 Å². The summed E-state index contributed by atoms with van der Waals surface area (Å²) in [5, 5.41) is 12.8. The lowest BCUT2D eigenvalue weighted by atomic mass is 9.54. The van der Waals surface area contributed by atoms with Gasteiger partial charge in [-0.05, 0) is 81.2 Å². The predicted octanol–water partition coefficient (Wildman–Crippen LogP) is 4.19. The summed E-state index contributed by atoms with van der Waals surface area (Å²) in [6.07, 6.45) is 14.7. The number of nitrogens with one attached hydrogen (secondary N) is 4.